The smallest absolute Gasteiger partial charge is 0.305 e. The van der Waals surface area contributed by atoms with E-state index in [1.54, 1.807) is 6.08 Å². The Morgan fingerprint density at radius 2 is 0.781 bits per heavy atom. The SMILES string of the molecule is CCCCCC/C=C\C/C=C\CCCCCCCCCC(=O)OCCCCCCCC/C=C\CCCCCC(=O)NC(CO)C(O)/C=C/CCCCCCCCCCCCCCCC. The minimum Gasteiger partial charge on any atom is -0.466 e. The molecule has 0 aromatic heterocycles. The number of rotatable bonds is 51. The zero-order chi connectivity index (χ0) is 46.5. The summed E-state index contributed by atoms with van der Waals surface area (Å²) in [6.07, 6.45) is 66.9. The minimum atomic E-state index is -0.863. The molecule has 2 unspecified atom stereocenters. The van der Waals surface area contributed by atoms with Gasteiger partial charge in [0, 0.05) is 12.8 Å². The summed E-state index contributed by atoms with van der Waals surface area (Å²) in [7, 11) is 0. The molecule has 2 atom stereocenters. The van der Waals surface area contributed by atoms with E-state index in [4.69, 9.17) is 4.74 Å². The number of aliphatic hydroxyl groups excluding tert-OH is 2. The molecule has 64 heavy (non-hydrogen) atoms. The molecule has 0 aliphatic heterocycles. The highest BCUT2D eigenvalue weighted by Gasteiger charge is 2.18. The van der Waals surface area contributed by atoms with Crippen LogP contribution in [0.3, 0.4) is 0 Å². The lowest BCUT2D eigenvalue weighted by atomic mass is 10.0. The van der Waals surface area contributed by atoms with Crippen molar-refractivity contribution in [3.05, 3.63) is 48.6 Å². The van der Waals surface area contributed by atoms with E-state index in [0.29, 0.717) is 19.4 Å². The number of esters is 1. The van der Waals surface area contributed by atoms with E-state index in [9.17, 15) is 19.8 Å². The molecule has 0 heterocycles. The van der Waals surface area contributed by atoms with E-state index >= 15 is 0 Å². The summed E-state index contributed by atoms with van der Waals surface area (Å²) >= 11 is 0. The lowest BCUT2D eigenvalue weighted by Gasteiger charge is -2.19. The fraction of sp³-hybridized carbons (Fsp3) is 0.828. The van der Waals surface area contributed by atoms with Crippen LogP contribution >= 0.6 is 0 Å². The van der Waals surface area contributed by atoms with Gasteiger partial charge in [-0.25, -0.2) is 0 Å². The molecular weight excluding hydrogens is 791 g/mol. The van der Waals surface area contributed by atoms with E-state index in [2.05, 4.69) is 55.6 Å². The first kappa shape index (κ1) is 61.8. The number of allylic oxidation sites excluding steroid dienone is 7. The van der Waals surface area contributed by atoms with Crippen molar-refractivity contribution >= 4 is 11.9 Å². The van der Waals surface area contributed by atoms with Crippen molar-refractivity contribution in [1.29, 1.82) is 0 Å². The van der Waals surface area contributed by atoms with Crippen LogP contribution in [0.5, 0.6) is 0 Å². The van der Waals surface area contributed by atoms with Crippen molar-refractivity contribution < 1.29 is 24.5 Å². The molecule has 0 saturated carbocycles. The van der Waals surface area contributed by atoms with Gasteiger partial charge >= 0.3 is 5.97 Å². The highest BCUT2D eigenvalue weighted by Crippen LogP contribution is 2.15. The Morgan fingerprint density at radius 1 is 0.438 bits per heavy atom. The molecule has 0 aromatic rings. The van der Waals surface area contributed by atoms with Gasteiger partial charge < -0.3 is 20.3 Å². The number of unbranched alkanes of at least 4 members (excludes halogenated alkanes) is 34. The summed E-state index contributed by atoms with van der Waals surface area (Å²) in [5, 5.41) is 23.1. The monoisotopic (exact) mass is 898 g/mol. The van der Waals surface area contributed by atoms with Crippen molar-refractivity contribution in [2.24, 2.45) is 0 Å². The fourth-order valence-corrected chi connectivity index (χ4v) is 8.25. The summed E-state index contributed by atoms with van der Waals surface area (Å²) in [5.74, 6) is -0.120. The van der Waals surface area contributed by atoms with Crippen LogP contribution in [0.1, 0.15) is 284 Å². The second-order valence-electron chi connectivity index (χ2n) is 18.9. The first-order valence-corrected chi connectivity index (χ1v) is 27.9. The van der Waals surface area contributed by atoms with Gasteiger partial charge in [-0.3, -0.25) is 9.59 Å². The first-order chi connectivity index (χ1) is 31.5. The Kier molecular flexibility index (Phi) is 51.6. The van der Waals surface area contributed by atoms with Crippen LogP contribution in [0.4, 0.5) is 0 Å². The van der Waals surface area contributed by atoms with E-state index < -0.39 is 12.1 Å². The lowest BCUT2D eigenvalue weighted by Crippen LogP contribution is -2.45. The van der Waals surface area contributed by atoms with Crippen molar-refractivity contribution in [2.45, 2.75) is 296 Å². The molecule has 0 spiro atoms. The zero-order valence-corrected chi connectivity index (χ0v) is 42.5. The molecular formula is C58H107NO5. The molecule has 1 amide bonds. The van der Waals surface area contributed by atoms with Gasteiger partial charge in [0.05, 0.1) is 25.4 Å². The van der Waals surface area contributed by atoms with E-state index in [-0.39, 0.29) is 18.5 Å². The summed E-state index contributed by atoms with van der Waals surface area (Å²) in [4.78, 5) is 24.5. The van der Waals surface area contributed by atoms with Crippen LogP contribution in [0.2, 0.25) is 0 Å². The summed E-state index contributed by atoms with van der Waals surface area (Å²) in [6, 6.07) is -0.649. The third kappa shape index (κ3) is 49.3. The van der Waals surface area contributed by atoms with E-state index in [0.717, 1.165) is 77.0 Å². The Hall–Kier alpha value is -2.18. The third-order valence-electron chi connectivity index (χ3n) is 12.6. The van der Waals surface area contributed by atoms with Crippen LogP contribution in [0.25, 0.3) is 0 Å². The molecule has 0 aliphatic carbocycles. The second kappa shape index (κ2) is 53.4. The van der Waals surface area contributed by atoms with Crippen molar-refractivity contribution in [3.8, 4) is 0 Å². The normalized spacial score (nSPS) is 13.0. The molecule has 0 aromatic carbocycles. The van der Waals surface area contributed by atoms with Gasteiger partial charge in [-0.05, 0) is 89.9 Å². The number of hydrogen-bond donors (Lipinski definition) is 3. The molecule has 6 nitrogen and oxygen atoms in total. The number of ether oxygens (including phenoxy) is 1. The van der Waals surface area contributed by atoms with Gasteiger partial charge in [-0.2, -0.15) is 0 Å². The van der Waals surface area contributed by atoms with Crippen molar-refractivity contribution in [2.75, 3.05) is 13.2 Å². The van der Waals surface area contributed by atoms with Crippen molar-refractivity contribution in [1.82, 2.24) is 5.32 Å². The van der Waals surface area contributed by atoms with Gasteiger partial charge in [-0.15, -0.1) is 0 Å². The topological polar surface area (TPSA) is 95.9 Å². The van der Waals surface area contributed by atoms with Gasteiger partial charge in [0.15, 0.2) is 0 Å². The van der Waals surface area contributed by atoms with Crippen molar-refractivity contribution in [3.63, 3.8) is 0 Å². The average molecular weight is 898 g/mol. The largest absolute Gasteiger partial charge is 0.466 e. The number of carbonyl (C=O) groups excluding carboxylic acids is 2. The molecule has 0 bridgehead atoms. The van der Waals surface area contributed by atoms with Crippen LogP contribution < -0.4 is 5.32 Å². The number of amides is 1. The molecule has 0 radical (unpaired) electrons. The van der Waals surface area contributed by atoms with E-state index in [1.807, 2.05) is 6.08 Å². The third-order valence-corrected chi connectivity index (χ3v) is 12.6. The number of hydrogen-bond acceptors (Lipinski definition) is 5. The second-order valence-corrected chi connectivity index (χ2v) is 18.9. The molecule has 0 aliphatic rings. The fourth-order valence-electron chi connectivity index (χ4n) is 8.25. The predicted octanol–water partition coefficient (Wildman–Crippen LogP) is 17.0. The summed E-state index contributed by atoms with van der Waals surface area (Å²) in [6.45, 7) is 4.84. The molecule has 0 fully saturated rings. The Balaban J connectivity index is 3.53. The average Bonchev–Trinajstić information content (AvgIpc) is 3.29. The Bertz CT molecular complexity index is 1080. The summed E-state index contributed by atoms with van der Waals surface area (Å²) in [5.41, 5.74) is 0. The maximum absolute atomic E-state index is 12.4. The standard InChI is InChI=1S/C58H107NO5/c1-3-5-7-9-11-13-15-17-19-21-22-24-28-32-36-40-44-48-52-58(63)64-53-49-45-41-37-33-29-25-27-31-35-39-43-47-51-57(62)59-55(54-60)56(61)50-46-42-38-34-30-26-23-20-18-16-14-12-10-8-6-4-2/h13,15,19,21,27,31,46,50,55-56,60-61H,3-12,14,16-18,20,22-26,28-30,32-45,47-49,51-54H2,1-2H3,(H,59,62)/b15-13-,21-19-,31-27-,50-46+. The van der Waals surface area contributed by atoms with Gasteiger partial charge in [0.1, 0.15) is 0 Å². The quantitative estimate of drug-likeness (QED) is 0.0321. The Labute approximate surface area is 397 Å². The maximum atomic E-state index is 12.4. The summed E-state index contributed by atoms with van der Waals surface area (Å²) < 4.78 is 5.47. The molecule has 374 valence electrons. The highest BCUT2D eigenvalue weighted by atomic mass is 16.5. The zero-order valence-electron chi connectivity index (χ0n) is 42.5. The number of nitrogens with one attached hydrogen (secondary N) is 1. The van der Waals surface area contributed by atoms with Crippen LogP contribution in [-0.4, -0.2) is 47.4 Å². The maximum Gasteiger partial charge on any atom is 0.305 e. The Morgan fingerprint density at radius 3 is 1.23 bits per heavy atom. The molecule has 3 N–H and O–H groups in total. The number of carbonyl (C=O) groups is 2. The predicted molar refractivity (Wildman–Crippen MR) is 278 cm³/mol. The van der Waals surface area contributed by atoms with E-state index in [1.165, 1.54) is 180 Å². The molecule has 0 rings (SSSR count). The van der Waals surface area contributed by atoms with Crippen LogP contribution in [0.15, 0.2) is 48.6 Å². The number of aliphatic hydroxyl groups is 2. The molecule has 0 saturated heterocycles. The molecule has 6 heteroatoms. The first-order valence-electron chi connectivity index (χ1n) is 27.9. The van der Waals surface area contributed by atoms with Gasteiger partial charge in [0.2, 0.25) is 5.91 Å². The highest BCUT2D eigenvalue weighted by molar-refractivity contribution is 5.76. The lowest BCUT2D eigenvalue weighted by molar-refractivity contribution is -0.143. The van der Waals surface area contributed by atoms with Gasteiger partial charge in [-0.1, -0.05) is 229 Å². The van der Waals surface area contributed by atoms with Crippen LogP contribution in [0, 0.1) is 0 Å². The van der Waals surface area contributed by atoms with Gasteiger partial charge in [0.25, 0.3) is 0 Å². The van der Waals surface area contributed by atoms with Crippen LogP contribution in [-0.2, 0) is 14.3 Å². The minimum absolute atomic E-state index is 0.0219.